The second-order valence-corrected chi connectivity index (χ2v) is 6.18. The molecular weight excluding hydrogens is 392 g/mol. The maximum atomic E-state index is 13.3. The van der Waals surface area contributed by atoms with Gasteiger partial charge in [-0.2, -0.15) is 0 Å². The minimum atomic E-state index is -0.861. The van der Waals surface area contributed by atoms with E-state index >= 15 is 0 Å². The van der Waals surface area contributed by atoms with Crippen LogP contribution in [0.25, 0.3) is 0 Å². The lowest BCUT2D eigenvalue weighted by Gasteiger charge is -2.43. The molecule has 2 aliphatic rings. The van der Waals surface area contributed by atoms with Crippen molar-refractivity contribution in [1.82, 2.24) is 10.2 Å². The van der Waals surface area contributed by atoms with Gasteiger partial charge < -0.3 is 25.5 Å². The first kappa shape index (κ1) is 30.2. The third-order valence-electron chi connectivity index (χ3n) is 4.57. The molecule has 2 heterocycles. The lowest BCUT2D eigenvalue weighted by molar-refractivity contribution is 0.165. The first-order valence-electron chi connectivity index (χ1n) is 9.83. The molecule has 174 valence electrons. The summed E-state index contributed by atoms with van der Waals surface area (Å²) < 4.78 is 31.9. The highest BCUT2D eigenvalue weighted by molar-refractivity contribution is 5.88. The third-order valence-corrected chi connectivity index (χ3v) is 4.57. The monoisotopic (exact) mass is 431 g/mol. The number of allylic oxidation sites excluding steroid dienone is 1. The summed E-state index contributed by atoms with van der Waals surface area (Å²) in [6.45, 7) is 7.17. The largest absolute Gasteiger partial charge is 0.473 e. The molecule has 1 unspecified atom stereocenters. The van der Waals surface area contributed by atoms with Crippen molar-refractivity contribution in [2.45, 2.75) is 53.2 Å². The summed E-state index contributed by atoms with van der Waals surface area (Å²) in [5.41, 5.74) is 1.83. The van der Waals surface area contributed by atoms with Crippen molar-refractivity contribution in [2.24, 2.45) is 4.99 Å². The predicted molar refractivity (Wildman–Crippen MR) is 120 cm³/mol. The second kappa shape index (κ2) is 16.7. The number of nitrogens with zero attached hydrogens (tertiary/aromatic N) is 2. The summed E-state index contributed by atoms with van der Waals surface area (Å²) in [5.74, 6) is -1.19. The summed E-state index contributed by atoms with van der Waals surface area (Å²) in [5, 5.41) is 10.4. The van der Waals surface area contributed by atoms with Crippen LogP contribution in [-0.4, -0.2) is 61.2 Å². The van der Waals surface area contributed by atoms with E-state index < -0.39 is 11.6 Å². The van der Waals surface area contributed by atoms with E-state index in [1.54, 1.807) is 7.05 Å². The van der Waals surface area contributed by atoms with Crippen molar-refractivity contribution in [3.8, 4) is 0 Å². The Kier molecular flexibility index (Phi) is 16.8. The van der Waals surface area contributed by atoms with Crippen LogP contribution < -0.4 is 5.32 Å². The molecule has 0 saturated carbocycles. The number of benzene rings is 1. The van der Waals surface area contributed by atoms with Crippen molar-refractivity contribution < 1.29 is 24.1 Å². The molecule has 0 radical (unpaired) electrons. The summed E-state index contributed by atoms with van der Waals surface area (Å²) in [7, 11) is 2.68. The fourth-order valence-corrected chi connectivity index (χ4v) is 3.31. The van der Waals surface area contributed by atoms with Gasteiger partial charge in [0.1, 0.15) is 6.61 Å². The van der Waals surface area contributed by atoms with Crippen LogP contribution in [0.3, 0.4) is 0 Å². The number of aliphatic imine (C=N–C) groups is 1. The molecule has 0 amide bonds. The quantitative estimate of drug-likeness (QED) is 0.568. The van der Waals surface area contributed by atoms with Crippen LogP contribution in [0.15, 0.2) is 35.0 Å². The number of rotatable bonds is 3. The van der Waals surface area contributed by atoms with Crippen molar-refractivity contribution in [3.05, 3.63) is 47.2 Å². The fourth-order valence-electron chi connectivity index (χ4n) is 3.31. The highest BCUT2D eigenvalue weighted by Gasteiger charge is 2.27. The molecule has 0 bridgehead atoms. The average molecular weight is 432 g/mol. The zero-order valence-electron chi connectivity index (χ0n) is 17.8. The highest BCUT2D eigenvalue weighted by Crippen LogP contribution is 2.27. The Morgan fingerprint density at radius 3 is 2.63 bits per heavy atom. The minimum Gasteiger partial charge on any atom is -0.473 e. The fraction of sp³-hybridized carbons (Fsp3) is 0.591. The number of halogens is 2. The van der Waals surface area contributed by atoms with Gasteiger partial charge in [0.15, 0.2) is 11.6 Å². The number of nitrogens with one attached hydrogen (secondary N) is 1. The Balaban J connectivity index is 0. The minimum absolute atomic E-state index is 0. The second-order valence-electron chi connectivity index (χ2n) is 6.18. The molecule has 0 aromatic heterocycles. The molecule has 8 heteroatoms. The van der Waals surface area contributed by atoms with Gasteiger partial charge in [-0.25, -0.2) is 8.78 Å². The van der Waals surface area contributed by atoms with Crippen LogP contribution in [0.1, 0.15) is 46.1 Å². The number of hydrogen-bond acceptors (Lipinski definition) is 5. The molecule has 6 nitrogen and oxygen atoms in total. The number of ether oxygens (including phenoxy) is 1. The third kappa shape index (κ3) is 8.77. The lowest BCUT2D eigenvalue weighted by atomic mass is 9.97. The number of hydrogen-bond donors (Lipinski definition) is 2. The normalized spacial score (nSPS) is 19.0. The number of piperazine rings is 1. The molecule has 2 fully saturated rings. The summed E-state index contributed by atoms with van der Waals surface area (Å²) in [4.78, 5) is 6.62. The van der Waals surface area contributed by atoms with Gasteiger partial charge in [0.25, 0.3) is 0 Å². The van der Waals surface area contributed by atoms with Crippen LogP contribution in [0, 0.1) is 11.6 Å². The maximum Gasteiger partial charge on any atom is 0.210 e. The SMILES string of the molecule is C.CC.CN=C(/C=C1\CCCC2CNCCN12)OCc1ccc(F)c(F)c1.CO.O. The van der Waals surface area contributed by atoms with Crippen molar-refractivity contribution in [3.63, 3.8) is 0 Å². The summed E-state index contributed by atoms with van der Waals surface area (Å²) in [6.07, 6.45) is 5.37. The Morgan fingerprint density at radius 2 is 2.00 bits per heavy atom. The standard InChI is InChI=1S/C18H23F2N3O.C2H6.CH4O.CH4.H2O/c1-21-18(24-12-13-5-6-16(19)17(20)9-13)10-14-3-2-4-15-11-22-7-8-23(14)15;2*1-2;;/h5-6,9-10,15,22H,2-4,7-8,11-12H2,1H3;1-2H3;2H,1H3;1H4;1H2/b14-10+,21-18?;;;;. The number of piperidine rings is 1. The predicted octanol–water partition coefficient (Wildman–Crippen LogP) is 3.30. The molecule has 1 aromatic rings. The highest BCUT2D eigenvalue weighted by atomic mass is 19.2. The van der Waals surface area contributed by atoms with E-state index in [0.29, 0.717) is 17.5 Å². The molecular formula is C22H39F2N3O3. The van der Waals surface area contributed by atoms with E-state index in [2.05, 4.69) is 15.2 Å². The van der Waals surface area contributed by atoms with E-state index in [1.165, 1.54) is 18.2 Å². The van der Waals surface area contributed by atoms with Crippen LogP contribution in [0.2, 0.25) is 0 Å². The molecule has 4 N–H and O–H groups in total. The molecule has 1 aromatic carbocycles. The van der Waals surface area contributed by atoms with Crippen LogP contribution in [0.4, 0.5) is 8.78 Å². The van der Waals surface area contributed by atoms with Gasteiger partial charge in [-0.3, -0.25) is 4.99 Å². The Morgan fingerprint density at radius 1 is 1.30 bits per heavy atom. The van der Waals surface area contributed by atoms with E-state index in [4.69, 9.17) is 9.84 Å². The lowest BCUT2D eigenvalue weighted by Crippen LogP contribution is -2.52. The van der Waals surface area contributed by atoms with Gasteiger partial charge in [0.05, 0.1) is 0 Å². The average Bonchev–Trinajstić information content (AvgIpc) is 2.76. The van der Waals surface area contributed by atoms with Crippen LogP contribution in [0.5, 0.6) is 0 Å². The molecule has 2 aliphatic heterocycles. The van der Waals surface area contributed by atoms with E-state index in [1.807, 2.05) is 19.9 Å². The van der Waals surface area contributed by atoms with E-state index in [-0.39, 0.29) is 19.5 Å². The molecule has 30 heavy (non-hydrogen) atoms. The first-order valence-corrected chi connectivity index (χ1v) is 9.83. The summed E-state index contributed by atoms with van der Waals surface area (Å²) in [6, 6.07) is 4.33. The van der Waals surface area contributed by atoms with Crippen molar-refractivity contribution in [1.29, 1.82) is 0 Å². The van der Waals surface area contributed by atoms with Crippen molar-refractivity contribution >= 4 is 5.90 Å². The maximum absolute atomic E-state index is 13.3. The number of fused-ring (bicyclic) bond motifs is 1. The molecule has 3 rings (SSSR count). The Hall–Kier alpha value is -2.03. The van der Waals surface area contributed by atoms with Gasteiger partial charge in [-0.1, -0.05) is 27.3 Å². The van der Waals surface area contributed by atoms with Crippen LogP contribution >= 0.6 is 0 Å². The zero-order valence-corrected chi connectivity index (χ0v) is 17.8. The van der Waals surface area contributed by atoms with Crippen LogP contribution in [-0.2, 0) is 11.3 Å². The molecule has 0 aliphatic carbocycles. The number of aliphatic hydroxyl groups is 1. The summed E-state index contributed by atoms with van der Waals surface area (Å²) >= 11 is 0. The Bertz CT molecular complexity index is 653. The Labute approximate surface area is 180 Å². The van der Waals surface area contributed by atoms with E-state index in [0.717, 1.165) is 51.7 Å². The van der Waals surface area contributed by atoms with E-state index in [9.17, 15) is 8.78 Å². The molecule has 0 spiro atoms. The topological polar surface area (TPSA) is 88.6 Å². The number of aliphatic hydroxyl groups excluding tert-OH is 1. The smallest absolute Gasteiger partial charge is 0.210 e. The molecule has 2 saturated heterocycles. The zero-order chi connectivity index (χ0) is 20.9. The van der Waals surface area contributed by atoms with Gasteiger partial charge in [0.2, 0.25) is 5.90 Å². The van der Waals surface area contributed by atoms with Crippen molar-refractivity contribution in [2.75, 3.05) is 33.8 Å². The molecule has 1 atom stereocenters. The van der Waals surface area contributed by atoms with Gasteiger partial charge in [0, 0.05) is 51.6 Å². The van der Waals surface area contributed by atoms with Gasteiger partial charge in [-0.15, -0.1) is 0 Å². The first-order chi connectivity index (χ1) is 13.7. The van der Waals surface area contributed by atoms with Gasteiger partial charge in [-0.05, 0) is 37.0 Å². The van der Waals surface area contributed by atoms with Gasteiger partial charge >= 0.3 is 0 Å².